The minimum atomic E-state index is -0.00505. The molecule has 5 rings (SSSR count). The summed E-state index contributed by atoms with van der Waals surface area (Å²) in [7, 11) is 2.03. The van der Waals surface area contributed by atoms with E-state index >= 15 is 0 Å². The molecule has 160 valence electrons. The molecule has 2 aliphatic rings. The molecular formula is C27H23BrClN2O+. The number of nitrogens with one attached hydrogen (secondary N) is 1. The van der Waals surface area contributed by atoms with E-state index in [0.29, 0.717) is 6.54 Å². The number of nitrogens with zero attached hydrogens (tertiary/aromatic N) is 1. The molecule has 0 aliphatic heterocycles. The number of pyridine rings is 1. The van der Waals surface area contributed by atoms with Crippen molar-refractivity contribution in [1.82, 2.24) is 5.32 Å². The van der Waals surface area contributed by atoms with Crippen LogP contribution in [0.2, 0.25) is 5.02 Å². The van der Waals surface area contributed by atoms with Gasteiger partial charge >= 0.3 is 0 Å². The molecule has 0 bridgehead atoms. The van der Waals surface area contributed by atoms with Crippen molar-refractivity contribution < 1.29 is 9.36 Å². The van der Waals surface area contributed by atoms with Crippen LogP contribution in [0.5, 0.6) is 0 Å². The van der Waals surface area contributed by atoms with E-state index in [9.17, 15) is 4.79 Å². The van der Waals surface area contributed by atoms with Crippen LogP contribution in [0.25, 0.3) is 11.6 Å². The van der Waals surface area contributed by atoms with Gasteiger partial charge in [-0.15, -0.1) is 0 Å². The van der Waals surface area contributed by atoms with Crippen LogP contribution in [-0.4, -0.2) is 12.5 Å². The first-order valence-electron chi connectivity index (χ1n) is 10.7. The van der Waals surface area contributed by atoms with Crippen molar-refractivity contribution in [3.8, 4) is 0 Å². The van der Waals surface area contributed by atoms with Gasteiger partial charge < -0.3 is 5.32 Å². The number of halogens is 2. The van der Waals surface area contributed by atoms with Gasteiger partial charge in [0.25, 0.3) is 5.91 Å². The van der Waals surface area contributed by atoms with Crippen molar-refractivity contribution in [3.63, 3.8) is 0 Å². The SMILES string of the molecule is C[n+]1ccccc1CCNC(=O)C1=C(C2=Cc3cc(Cl)ccc3C2)Cc2cc(Br)ccc21. The number of aromatic nitrogens is 1. The third-order valence-electron chi connectivity index (χ3n) is 6.27. The predicted octanol–water partition coefficient (Wildman–Crippen LogP) is 5.24. The van der Waals surface area contributed by atoms with Crippen LogP contribution in [-0.2, 0) is 31.1 Å². The van der Waals surface area contributed by atoms with Crippen LogP contribution in [0.3, 0.4) is 0 Å². The molecule has 1 aromatic heterocycles. The fourth-order valence-corrected chi connectivity index (χ4v) is 5.23. The molecule has 2 aliphatic carbocycles. The second-order valence-corrected chi connectivity index (χ2v) is 9.68. The molecule has 0 unspecified atom stereocenters. The topological polar surface area (TPSA) is 33.0 Å². The van der Waals surface area contributed by atoms with Gasteiger partial charge in [0.1, 0.15) is 7.05 Å². The lowest BCUT2D eigenvalue weighted by molar-refractivity contribution is -0.679. The van der Waals surface area contributed by atoms with Gasteiger partial charge in [0.2, 0.25) is 0 Å². The van der Waals surface area contributed by atoms with E-state index in [2.05, 4.69) is 56.2 Å². The summed E-state index contributed by atoms with van der Waals surface area (Å²) in [4.78, 5) is 13.4. The molecule has 0 fully saturated rings. The van der Waals surface area contributed by atoms with E-state index in [4.69, 9.17) is 11.6 Å². The molecule has 0 spiro atoms. The summed E-state index contributed by atoms with van der Waals surface area (Å²) in [6.07, 6.45) is 6.59. The van der Waals surface area contributed by atoms with E-state index in [1.807, 2.05) is 43.6 Å². The molecule has 0 radical (unpaired) electrons. The fraction of sp³-hybridized carbons (Fsp3) is 0.185. The molecule has 1 N–H and O–H groups in total. The molecule has 32 heavy (non-hydrogen) atoms. The number of carbonyl (C=O) groups excluding carboxylic acids is 1. The third-order valence-corrected chi connectivity index (χ3v) is 7.00. The van der Waals surface area contributed by atoms with Crippen LogP contribution in [0.15, 0.2) is 76.4 Å². The van der Waals surface area contributed by atoms with Crippen LogP contribution >= 0.6 is 27.5 Å². The summed E-state index contributed by atoms with van der Waals surface area (Å²) >= 11 is 9.79. The molecule has 5 heteroatoms. The molecule has 1 heterocycles. The highest BCUT2D eigenvalue weighted by Gasteiger charge is 2.30. The van der Waals surface area contributed by atoms with Crippen molar-refractivity contribution in [2.75, 3.05) is 6.54 Å². The van der Waals surface area contributed by atoms with E-state index in [1.165, 1.54) is 22.4 Å². The summed E-state index contributed by atoms with van der Waals surface area (Å²) in [5, 5.41) is 3.91. The van der Waals surface area contributed by atoms with Gasteiger partial charge in [-0.25, -0.2) is 4.57 Å². The Morgan fingerprint density at radius 2 is 1.97 bits per heavy atom. The Morgan fingerprint density at radius 3 is 2.81 bits per heavy atom. The lowest BCUT2D eigenvalue weighted by Crippen LogP contribution is -2.35. The third kappa shape index (κ3) is 4.05. The first-order chi connectivity index (χ1) is 15.5. The fourth-order valence-electron chi connectivity index (χ4n) is 4.64. The van der Waals surface area contributed by atoms with Gasteiger partial charge in [-0.2, -0.15) is 0 Å². The van der Waals surface area contributed by atoms with Crippen LogP contribution in [0.4, 0.5) is 0 Å². The quantitative estimate of drug-likeness (QED) is 0.472. The number of aryl methyl sites for hydroxylation is 1. The smallest absolute Gasteiger partial charge is 0.252 e. The van der Waals surface area contributed by atoms with Gasteiger partial charge in [0, 0.05) is 34.6 Å². The maximum absolute atomic E-state index is 13.4. The van der Waals surface area contributed by atoms with Gasteiger partial charge in [-0.1, -0.05) is 51.8 Å². The van der Waals surface area contributed by atoms with Crippen LogP contribution in [0.1, 0.15) is 27.9 Å². The summed E-state index contributed by atoms with van der Waals surface area (Å²) < 4.78 is 3.12. The highest BCUT2D eigenvalue weighted by Crippen LogP contribution is 2.42. The summed E-state index contributed by atoms with van der Waals surface area (Å²) in [6.45, 7) is 0.591. The molecule has 0 atom stereocenters. The maximum atomic E-state index is 13.4. The highest BCUT2D eigenvalue weighted by molar-refractivity contribution is 9.10. The first kappa shape index (κ1) is 21.2. The van der Waals surface area contributed by atoms with Crippen LogP contribution in [0, 0.1) is 0 Å². The number of hydrogen-bond acceptors (Lipinski definition) is 1. The van der Waals surface area contributed by atoms with E-state index < -0.39 is 0 Å². The van der Waals surface area contributed by atoms with Gasteiger partial charge in [0.15, 0.2) is 11.9 Å². The van der Waals surface area contributed by atoms with Crippen LogP contribution < -0.4 is 9.88 Å². The molecule has 3 aromatic rings. The largest absolute Gasteiger partial charge is 0.351 e. The van der Waals surface area contributed by atoms with Crippen molar-refractivity contribution in [1.29, 1.82) is 0 Å². The second-order valence-electron chi connectivity index (χ2n) is 8.33. The van der Waals surface area contributed by atoms with E-state index in [1.54, 1.807) is 0 Å². The number of carbonyl (C=O) groups is 1. The average molecular weight is 507 g/mol. The lowest BCUT2D eigenvalue weighted by atomic mass is 9.98. The normalized spacial score (nSPS) is 14.3. The van der Waals surface area contributed by atoms with Gasteiger partial charge in [-0.3, -0.25) is 4.79 Å². The Morgan fingerprint density at radius 1 is 1.09 bits per heavy atom. The Labute approximate surface area is 201 Å². The monoisotopic (exact) mass is 505 g/mol. The minimum absolute atomic E-state index is 0.00505. The number of benzene rings is 2. The predicted molar refractivity (Wildman–Crippen MR) is 132 cm³/mol. The van der Waals surface area contributed by atoms with Crippen molar-refractivity contribution in [2.45, 2.75) is 19.3 Å². The zero-order valence-corrected chi connectivity index (χ0v) is 20.1. The van der Waals surface area contributed by atoms with Crippen molar-refractivity contribution in [3.05, 3.63) is 109 Å². The van der Waals surface area contributed by atoms with Gasteiger partial charge in [-0.05, 0) is 70.5 Å². The second kappa shape index (κ2) is 8.68. The van der Waals surface area contributed by atoms with Crippen molar-refractivity contribution >= 4 is 45.1 Å². The standard InChI is InChI=1S/C27H22BrClN2O/c1-31-11-3-2-4-23(31)9-10-30-27(32)26-24-8-6-21(28)14-20(24)16-25(26)19-12-17-5-7-22(29)15-18(17)13-19/h2-8,11,13-15H,9-10,12,16H2,1H3/p+1. The Balaban J connectivity index is 1.44. The van der Waals surface area contributed by atoms with Crippen molar-refractivity contribution in [2.24, 2.45) is 7.05 Å². The van der Waals surface area contributed by atoms with E-state index in [-0.39, 0.29) is 5.91 Å². The zero-order chi connectivity index (χ0) is 22.2. The molecule has 0 saturated carbocycles. The number of fused-ring (bicyclic) bond motifs is 2. The maximum Gasteiger partial charge on any atom is 0.252 e. The van der Waals surface area contributed by atoms with Gasteiger partial charge in [0.05, 0.1) is 5.57 Å². The molecular weight excluding hydrogens is 484 g/mol. The Bertz CT molecular complexity index is 1310. The average Bonchev–Trinajstić information content (AvgIpc) is 3.35. The molecule has 1 amide bonds. The Hall–Kier alpha value is -2.69. The summed E-state index contributed by atoms with van der Waals surface area (Å²) in [6, 6.07) is 18.3. The molecule has 0 saturated heterocycles. The number of allylic oxidation sites excluding steroid dienone is 2. The highest BCUT2D eigenvalue weighted by atomic mass is 79.9. The lowest BCUT2D eigenvalue weighted by Gasteiger charge is -2.11. The first-order valence-corrected chi connectivity index (χ1v) is 11.9. The summed E-state index contributed by atoms with van der Waals surface area (Å²) in [5.41, 5.74) is 8.92. The Kier molecular flexibility index (Phi) is 5.75. The minimum Gasteiger partial charge on any atom is -0.351 e. The zero-order valence-electron chi connectivity index (χ0n) is 17.8. The number of hydrogen-bond donors (Lipinski definition) is 1. The number of amides is 1. The number of rotatable bonds is 5. The molecule has 2 aromatic carbocycles. The van der Waals surface area contributed by atoms with E-state index in [0.717, 1.165) is 51.0 Å². The summed E-state index contributed by atoms with van der Waals surface area (Å²) in [5.74, 6) is -0.00505. The molecule has 3 nitrogen and oxygen atoms in total.